The minimum absolute atomic E-state index is 0.623. The predicted octanol–water partition coefficient (Wildman–Crippen LogP) is 4.49. The number of piperidine rings is 1. The number of rotatable bonds is 2. The molecule has 1 spiro atoms. The summed E-state index contributed by atoms with van der Waals surface area (Å²) >= 11 is 0. The molecule has 26 heavy (non-hydrogen) atoms. The average molecular weight is 347 g/mol. The molecule has 1 aliphatic heterocycles. The maximum Gasteiger partial charge on any atom is 0.202 e. The molecule has 5 heteroatoms. The number of H-pyrrole nitrogens is 1. The van der Waals surface area contributed by atoms with Crippen molar-refractivity contribution in [1.82, 2.24) is 20.2 Å². The smallest absolute Gasteiger partial charge is 0.202 e. The molecule has 0 amide bonds. The molecule has 134 valence electrons. The molecule has 0 atom stereocenters. The predicted molar refractivity (Wildman–Crippen MR) is 104 cm³/mol. The molecule has 3 heterocycles. The molecule has 5 nitrogen and oxygen atoms in total. The normalized spacial score (nSPS) is 19.5. The summed E-state index contributed by atoms with van der Waals surface area (Å²) in [5, 5.41) is 7.58. The third-order valence-electron chi connectivity index (χ3n) is 6.48. The number of nitrogens with zero attached hydrogens (tertiary/aromatic N) is 4. The molecule has 1 aromatic carbocycles. The summed E-state index contributed by atoms with van der Waals surface area (Å²) in [7, 11) is 0. The Balaban J connectivity index is 1.42. The Morgan fingerprint density at radius 3 is 2.58 bits per heavy atom. The number of fused-ring (bicyclic) bond motifs is 1. The largest absolute Gasteiger partial charge is 0.355 e. The molecule has 2 fully saturated rings. The lowest BCUT2D eigenvalue weighted by molar-refractivity contribution is 0.226. The minimum Gasteiger partial charge on any atom is -0.355 e. The Morgan fingerprint density at radius 1 is 1.04 bits per heavy atom. The Kier molecular flexibility index (Phi) is 3.69. The SMILES string of the molecule is Cc1ccccc1-c1[nH]nc2nc(N3CCC4(CCCC4)CC3)cnc12. The van der Waals surface area contributed by atoms with Crippen molar-refractivity contribution in [3.63, 3.8) is 0 Å². The van der Waals surface area contributed by atoms with Crippen molar-refractivity contribution >= 4 is 17.0 Å². The molecule has 1 saturated carbocycles. The van der Waals surface area contributed by atoms with E-state index in [1.165, 1.54) is 44.1 Å². The first-order chi connectivity index (χ1) is 12.7. The maximum atomic E-state index is 4.81. The minimum atomic E-state index is 0.623. The lowest BCUT2D eigenvalue weighted by Gasteiger charge is -2.39. The lowest BCUT2D eigenvalue weighted by Crippen LogP contribution is -2.39. The fourth-order valence-corrected chi connectivity index (χ4v) is 4.82. The van der Waals surface area contributed by atoms with Gasteiger partial charge < -0.3 is 4.90 Å². The Bertz CT molecular complexity index is 928. The summed E-state index contributed by atoms with van der Waals surface area (Å²) in [6.07, 6.45) is 10.2. The standard InChI is InChI=1S/C21H25N5/c1-15-6-2-3-7-16(15)18-19-20(25-24-18)23-17(14-22-19)26-12-10-21(11-13-26)8-4-5-9-21/h2-3,6-7,14H,4-5,8-13H2,1H3,(H,23,24,25). The van der Waals surface area contributed by atoms with Gasteiger partial charge in [-0.15, -0.1) is 0 Å². The summed E-state index contributed by atoms with van der Waals surface area (Å²) in [5.41, 5.74) is 5.49. The van der Waals surface area contributed by atoms with E-state index in [4.69, 9.17) is 9.97 Å². The quantitative estimate of drug-likeness (QED) is 0.742. The van der Waals surface area contributed by atoms with Gasteiger partial charge in [0.05, 0.1) is 11.9 Å². The molecule has 5 rings (SSSR count). The second-order valence-electron chi connectivity index (χ2n) is 8.01. The molecular formula is C21H25N5. The van der Waals surface area contributed by atoms with Crippen LogP contribution in [0.2, 0.25) is 0 Å². The fraction of sp³-hybridized carbons (Fsp3) is 0.476. The topological polar surface area (TPSA) is 57.7 Å². The number of aryl methyl sites for hydroxylation is 1. The second kappa shape index (κ2) is 6.08. The van der Waals surface area contributed by atoms with Crippen molar-refractivity contribution < 1.29 is 0 Å². The highest BCUT2D eigenvalue weighted by Gasteiger charge is 2.37. The highest BCUT2D eigenvalue weighted by Crippen LogP contribution is 2.46. The first kappa shape index (κ1) is 15.8. The van der Waals surface area contributed by atoms with Crippen LogP contribution in [0.1, 0.15) is 44.1 Å². The van der Waals surface area contributed by atoms with Crippen LogP contribution in [0.25, 0.3) is 22.4 Å². The van der Waals surface area contributed by atoms with Crippen molar-refractivity contribution in [1.29, 1.82) is 0 Å². The molecule has 1 saturated heterocycles. The third kappa shape index (κ3) is 2.57. The Morgan fingerprint density at radius 2 is 1.81 bits per heavy atom. The van der Waals surface area contributed by atoms with E-state index in [0.717, 1.165) is 35.7 Å². The van der Waals surface area contributed by atoms with Crippen molar-refractivity contribution in [2.24, 2.45) is 5.41 Å². The summed E-state index contributed by atoms with van der Waals surface area (Å²) in [4.78, 5) is 11.9. The molecule has 0 radical (unpaired) electrons. The van der Waals surface area contributed by atoms with Crippen LogP contribution in [-0.2, 0) is 0 Å². The molecule has 1 aliphatic carbocycles. The molecular weight excluding hydrogens is 322 g/mol. The Hall–Kier alpha value is -2.43. The number of hydrogen-bond donors (Lipinski definition) is 1. The molecule has 2 aromatic heterocycles. The zero-order chi connectivity index (χ0) is 17.6. The van der Waals surface area contributed by atoms with Crippen molar-refractivity contribution in [2.45, 2.75) is 45.4 Å². The van der Waals surface area contributed by atoms with Crippen molar-refractivity contribution in [3.8, 4) is 11.3 Å². The highest BCUT2D eigenvalue weighted by atomic mass is 15.2. The van der Waals surface area contributed by atoms with Gasteiger partial charge >= 0.3 is 0 Å². The first-order valence-corrected chi connectivity index (χ1v) is 9.76. The number of nitrogens with one attached hydrogen (secondary N) is 1. The van der Waals surface area contributed by atoms with E-state index in [-0.39, 0.29) is 0 Å². The van der Waals surface area contributed by atoms with Crippen LogP contribution in [-0.4, -0.2) is 33.3 Å². The van der Waals surface area contributed by atoms with E-state index in [0.29, 0.717) is 11.1 Å². The van der Waals surface area contributed by atoms with Gasteiger partial charge in [-0.25, -0.2) is 9.97 Å². The first-order valence-electron chi connectivity index (χ1n) is 9.76. The number of hydrogen-bond acceptors (Lipinski definition) is 4. The van der Waals surface area contributed by atoms with Gasteiger partial charge in [-0.3, -0.25) is 5.10 Å². The molecule has 3 aromatic rings. The number of benzene rings is 1. The van der Waals surface area contributed by atoms with Crippen LogP contribution >= 0.6 is 0 Å². The van der Waals surface area contributed by atoms with Crippen LogP contribution in [0.4, 0.5) is 5.82 Å². The van der Waals surface area contributed by atoms with E-state index in [1.807, 2.05) is 12.3 Å². The third-order valence-corrected chi connectivity index (χ3v) is 6.48. The Labute approximate surface area is 153 Å². The van der Waals surface area contributed by atoms with E-state index in [9.17, 15) is 0 Å². The summed E-state index contributed by atoms with van der Waals surface area (Å²) < 4.78 is 0. The second-order valence-corrected chi connectivity index (χ2v) is 8.01. The van der Waals surface area contributed by atoms with Crippen molar-refractivity contribution in [3.05, 3.63) is 36.0 Å². The zero-order valence-electron chi connectivity index (χ0n) is 15.3. The number of anilines is 1. The number of aromatic nitrogens is 4. The van der Waals surface area contributed by atoms with Gasteiger partial charge in [0, 0.05) is 18.7 Å². The van der Waals surface area contributed by atoms with Gasteiger partial charge in [0.1, 0.15) is 11.3 Å². The molecule has 0 unspecified atom stereocenters. The molecule has 1 N–H and O–H groups in total. The lowest BCUT2D eigenvalue weighted by atomic mass is 9.77. The van der Waals surface area contributed by atoms with E-state index in [2.05, 4.69) is 40.2 Å². The van der Waals surface area contributed by atoms with Gasteiger partial charge in [-0.2, -0.15) is 5.10 Å². The van der Waals surface area contributed by atoms with Crippen LogP contribution in [0, 0.1) is 12.3 Å². The van der Waals surface area contributed by atoms with Gasteiger partial charge in [-0.1, -0.05) is 37.1 Å². The van der Waals surface area contributed by atoms with Gasteiger partial charge in [-0.05, 0) is 43.6 Å². The van der Waals surface area contributed by atoms with Crippen LogP contribution < -0.4 is 4.90 Å². The van der Waals surface area contributed by atoms with E-state index < -0.39 is 0 Å². The molecule has 2 aliphatic rings. The van der Waals surface area contributed by atoms with E-state index in [1.54, 1.807) is 0 Å². The van der Waals surface area contributed by atoms with Crippen LogP contribution in [0.5, 0.6) is 0 Å². The highest BCUT2D eigenvalue weighted by molar-refractivity contribution is 5.88. The fourth-order valence-electron chi connectivity index (χ4n) is 4.82. The van der Waals surface area contributed by atoms with Gasteiger partial charge in [0.25, 0.3) is 0 Å². The summed E-state index contributed by atoms with van der Waals surface area (Å²) in [5.74, 6) is 0.966. The summed E-state index contributed by atoms with van der Waals surface area (Å²) in [6, 6.07) is 8.30. The van der Waals surface area contributed by atoms with Crippen molar-refractivity contribution in [2.75, 3.05) is 18.0 Å². The van der Waals surface area contributed by atoms with Gasteiger partial charge in [0.2, 0.25) is 5.65 Å². The molecule has 0 bridgehead atoms. The van der Waals surface area contributed by atoms with Crippen LogP contribution in [0.3, 0.4) is 0 Å². The maximum absolute atomic E-state index is 4.81. The number of aromatic amines is 1. The average Bonchev–Trinajstić information content (AvgIpc) is 3.30. The van der Waals surface area contributed by atoms with Crippen LogP contribution in [0.15, 0.2) is 30.5 Å². The summed E-state index contributed by atoms with van der Waals surface area (Å²) in [6.45, 7) is 4.29. The van der Waals surface area contributed by atoms with Gasteiger partial charge in [0.15, 0.2) is 0 Å². The van der Waals surface area contributed by atoms with E-state index >= 15 is 0 Å². The zero-order valence-corrected chi connectivity index (χ0v) is 15.3. The monoisotopic (exact) mass is 347 g/mol.